The summed E-state index contributed by atoms with van der Waals surface area (Å²) < 4.78 is 5.72. The lowest BCUT2D eigenvalue weighted by Crippen LogP contribution is -1.94. The van der Waals surface area contributed by atoms with Crippen LogP contribution in [0.4, 0.5) is 0 Å². The second kappa shape index (κ2) is 4.98. The van der Waals surface area contributed by atoms with Crippen molar-refractivity contribution in [2.75, 3.05) is 0 Å². The molecule has 1 heterocycles. The third-order valence-corrected chi connectivity index (χ3v) is 3.29. The van der Waals surface area contributed by atoms with Gasteiger partial charge in [0.25, 0.3) is 0 Å². The molecule has 3 heteroatoms. The molecule has 96 valence electrons. The molecule has 2 aromatic carbocycles. The van der Waals surface area contributed by atoms with Crippen LogP contribution in [0.5, 0.6) is 5.75 Å². The van der Waals surface area contributed by atoms with E-state index in [4.69, 9.17) is 16.3 Å². The molecule has 0 aliphatic rings. The lowest BCUT2D eigenvalue weighted by atomic mass is 10.2. The average molecular weight is 272 g/mol. The number of benzene rings is 2. The first-order valence-corrected chi connectivity index (χ1v) is 6.55. The van der Waals surface area contributed by atoms with Crippen LogP contribution < -0.4 is 4.74 Å². The summed E-state index contributed by atoms with van der Waals surface area (Å²) in [6, 6.07) is 15.9. The van der Waals surface area contributed by atoms with Gasteiger partial charge in [-0.15, -0.1) is 0 Å². The van der Waals surface area contributed by atoms with Crippen LogP contribution >= 0.6 is 11.6 Å². The van der Waals surface area contributed by atoms with Gasteiger partial charge in [0.15, 0.2) is 0 Å². The number of halogens is 1. The number of aromatic nitrogens is 1. The molecule has 1 N–H and O–H groups in total. The van der Waals surface area contributed by atoms with Gasteiger partial charge in [-0.1, -0.05) is 23.7 Å². The van der Waals surface area contributed by atoms with Crippen molar-refractivity contribution in [1.29, 1.82) is 0 Å². The first-order valence-electron chi connectivity index (χ1n) is 6.17. The van der Waals surface area contributed by atoms with Gasteiger partial charge in [0.05, 0.1) is 5.69 Å². The number of hydrogen-bond donors (Lipinski definition) is 1. The van der Waals surface area contributed by atoms with Crippen molar-refractivity contribution in [1.82, 2.24) is 4.98 Å². The fourth-order valence-corrected chi connectivity index (χ4v) is 2.20. The Bertz CT molecular complexity index is 700. The zero-order chi connectivity index (χ0) is 13.2. The lowest BCUT2D eigenvalue weighted by Gasteiger charge is -2.04. The zero-order valence-electron chi connectivity index (χ0n) is 10.6. The van der Waals surface area contributed by atoms with Gasteiger partial charge in [0.2, 0.25) is 0 Å². The lowest BCUT2D eigenvalue weighted by molar-refractivity contribution is 0.302. The summed E-state index contributed by atoms with van der Waals surface area (Å²) >= 11 is 5.84. The van der Waals surface area contributed by atoms with E-state index in [2.05, 4.69) is 36.2 Å². The molecule has 0 amide bonds. The summed E-state index contributed by atoms with van der Waals surface area (Å²) in [5.41, 5.74) is 3.46. The highest BCUT2D eigenvalue weighted by Gasteiger charge is 2.02. The van der Waals surface area contributed by atoms with Crippen LogP contribution in [0.25, 0.3) is 10.9 Å². The fraction of sp³-hybridized carbons (Fsp3) is 0.125. The summed E-state index contributed by atoms with van der Waals surface area (Å²) in [5.74, 6) is 0.819. The van der Waals surface area contributed by atoms with Crippen molar-refractivity contribution in [2.24, 2.45) is 0 Å². The highest BCUT2D eigenvalue weighted by atomic mass is 35.5. The van der Waals surface area contributed by atoms with Gasteiger partial charge < -0.3 is 9.72 Å². The predicted octanol–water partition coefficient (Wildman–Crippen LogP) is 4.71. The predicted molar refractivity (Wildman–Crippen MR) is 78.8 cm³/mol. The van der Waals surface area contributed by atoms with Gasteiger partial charge in [0.1, 0.15) is 12.4 Å². The minimum Gasteiger partial charge on any atom is -0.487 e. The zero-order valence-corrected chi connectivity index (χ0v) is 11.4. The van der Waals surface area contributed by atoms with Crippen molar-refractivity contribution >= 4 is 22.5 Å². The van der Waals surface area contributed by atoms with E-state index in [0.717, 1.165) is 17.0 Å². The van der Waals surface area contributed by atoms with Gasteiger partial charge in [-0.05, 0) is 54.3 Å². The number of H-pyrrole nitrogens is 1. The fourth-order valence-electron chi connectivity index (χ4n) is 2.07. The Hall–Kier alpha value is -1.93. The molecule has 2 nitrogen and oxygen atoms in total. The molecule has 0 bridgehead atoms. The molecule has 0 unspecified atom stereocenters. The second-order valence-corrected chi connectivity index (χ2v) is 5.06. The molecule has 0 spiro atoms. The molecular weight excluding hydrogens is 258 g/mol. The molecule has 0 radical (unpaired) electrons. The van der Waals surface area contributed by atoms with E-state index in [-0.39, 0.29) is 0 Å². The van der Waals surface area contributed by atoms with Gasteiger partial charge in [-0.3, -0.25) is 0 Å². The van der Waals surface area contributed by atoms with Gasteiger partial charge >= 0.3 is 0 Å². The van der Waals surface area contributed by atoms with Crippen LogP contribution in [0, 0.1) is 6.92 Å². The molecule has 19 heavy (non-hydrogen) atoms. The van der Waals surface area contributed by atoms with Crippen molar-refractivity contribution in [3.8, 4) is 5.75 Å². The Morgan fingerprint density at radius 3 is 2.63 bits per heavy atom. The molecule has 0 saturated heterocycles. The number of rotatable bonds is 3. The van der Waals surface area contributed by atoms with Crippen LogP contribution in [-0.2, 0) is 6.61 Å². The molecule has 0 atom stereocenters. The Morgan fingerprint density at radius 2 is 1.84 bits per heavy atom. The quantitative estimate of drug-likeness (QED) is 0.733. The van der Waals surface area contributed by atoms with Gasteiger partial charge in [0, 0.05) is 10.5 Å². The SMILES string of the molecule is Cc1ccc2cc(COc3ccc(Cl)cc3)[nH]c2c1. The Morgan fingerprint density at radius 1 is 1.05 bits per heavy atom. The number of nitrogens with one attached hydrogen (secondary N) is 1. The van der Waals surface area contributed by atoms with Crippen LogP contribution in [-0.4, -0.2) is 4.98 Å². The van der Waals surface area contributed by atoms with E-state index in [9.17, 15) is 0 Å². The molecular formula is C16H14ClNO. The van der Waals surface area contributed by atoms with Gasteiger partial charge in [-0.25, -0.2) is 0 Å². The summed E-state index contributed by atoms with van der Waals surface area (Å²) in [6.07, 6.45) is 0. The van der Waals surface area contributed by atoms with Crippen molar-refractivity contribution in [3.05, 3.63) is 64.8 Å². The van der Waals surface area contributed by atoms with E-state index < -0.39 is 0 Å². The second-order valence-electron chi connectivity index (χ2n) is 4.63. The van der Waals surface area contributed by atoms with E-state index in [1.807, 2.05) is 24.3 Å². The summed E-state index contributed by atoms with van der Waals surface area (Å²) in [6.45, 7) is 2.61. The van der Waals surface area contributed by atoms with E-state index in [1.54, 1.807) is 0 Å². The Balaban J connectivity index is 1.76. The Kier molecular flexibility index (Phi) is 3.18. The molecule has 0 aliphatic heterocycles. The van der Waals surface area contributed by atoms with Crippen LogP contribution in [0.1, 0.15) is 11.3 Å². The largest absolute Gasteiger partial charge is 0.487 e. The van der Waals surface area contributed by atoms with E-state index >= 15 is 0 Å². The highest BCUT2D eigenvalue weighted by molar-refractivity contribution is 6.30. The maximum Gasteiger partial charge on any atom is 0.128 e. The number of ether oxygens (including phenoxy) is 1. The van der Waals surface area contributed by atoms with E-state index in [1.165, 1.54) is 10.9 Å². The molecule has 3 rings (SSSR count). The Labute approximate surface area is 117 Å². The molecule has 0 fully saturated rings. The first-order chi connectivity index (χ1) is 9.20. The average Bonchev–Trinajstić information content (AvgIpc) is 2.80. The summed E-state index contributed by atoms with van der Waals surface area (Å²) in [7, 11) is 0. The highest BCUT2D eigenvalue weighted by Crippen LogP contribution is 2.20. The number of aryl methyl sites for hydroxylation is 1. The smallest absolute Gasteiger partial charge is 0.128 e. The number of fused-ring (bicyclic) bond motifs is 1. The standard InChI is InChI=1S/C16H14ClNO/c1-11-2-3-12-9-14(18-16(12)8-11)10-19-15-6-4-13(17)5-7-15/h2-9,18H,10H2,1H3. The molecule has 0 saturated carbocycles. The molecule has 0 aliphatic carbocycles. The maximum atomic E-state index is 5.84. The monoisotopic (exact) mass is 271 g/mol. The van der Waals surface area contributed by atoms with Crippen molar-refractivity contribution in [3.63, 3.8) is 0 Å². The number of hydrogen-bond acceptors (Lipinski definition) is 1. The third-order valence-electron chi connectivity index (χ3n) is 3.04. The van der Waals surface area contributed by atoms with Crippen LogP contribution in [0.3, 0.4) is 0 Å². The summed E-state index contributed by atoms with van der Waals surface area (Å²) in [4.78, 5) is 3.37. The van der Waals surface area contributed by atoms with Gasteiger partial charge in [-0.2, -0.15) is 0 Å². The topological polar surface area (TPSA) is 25.0 Å². The third kappa shape index (κ3) is 2.74. The first kappa shape index (κ1) is 12.1. The minimum atomic E-state index is 0.523. The molecule has 1 aromatic heterocycles. The maximum absolute atomic E-state index is 5.84. The van der Waals surface area contributed by atoms with E-state index in [0.29, 0.717) is 11.6 Å². The van der Waals surface area contributed by atoms with Crippen molar-refractivity contribution in [2.45, 2.75) is 13.5 Å². The minimum absolute atomic E-state index is 0.523. The molecule has 3 aromatic rings. The van der Waals surface area contributed by atoms with Crippen LogP contribution in [0.15, 0.2) is 48.5 Å². The van der Waals surface area contributed by atoms with Crippen molar-refractivity contribution < 1.29 is 4.74 Å². The summed E-state index contributed by atoms with van der Waals surface area (Å²) in [5, 5.41) is 1.92. The normalized spacial score (nSPS) is 10.8. The number of aromatic amines is 1. The van der Waals surface area contributed by atoms with Crippen LogP contribution in [0.2, 0.25) is 5.02 Å².